The number of aryl methyl sites for hydroxylation is 2. The van der Waals surface area contributed by atoms with E-state index in [2.05, 4.69) is 0 Å². The van der Waals surface area contributed by atoms with E-state index in [-0.39, 0.29) is 0 Å². The smallest absolute Gasteiger partial charge is 0.0896 e. The van der Waals surface area contributed by atoms with Crippen molar-refractivity contribution >= 4 is 11.6 Å². The monoisotopic (exact) mass is 224 g/mol. The minimum Gasteiger partial charge on any atom is -0.385 e. The zero-order valence-corrected chi connectivity index (χ0v) is 10.2. The molecule has 1 unspecified atom stereocenters. The minimum atomic E-state index is -0.680. The van der Waals surface area contributed by atoms with Crippen LogP contribution in [0.25, 0.3) is 0 Å². The molecule has 1 aliphatic carbocycles. The number of hydrogen-bond acceptors (Lipinski definition) is 1. The molecule has 1 fully saturated rings. The quantitative estimate of drug-likeness (QED) is 0.814. The Labute approximate surface area is 96.1 Å². The van der Waals surface area contributed by atoms with E-state index in [1.54, 1.807) is 0 Å². The molecule has 1 aromatic carbocycles. The Morgan fingerprint density at radius 2 is 1.73 bits per heavy atom. The molecule has 0 aromatic heterocycles. The molecule has 15 heavy (non-hydrogen) atoms. The van der Waals surface area contributed by atoms with E-state index in [9.17, 15) is 5.11 Å². The van der Waals surface area contributed by atoms with Crippen molar-refractivity contribution < 1.29 is 5.11 Å². The van der Waals surface area contributed by atoms with E-state index in [1.807, 2.05) is 32.9 Å². The first-order valence-electron chi connectivity index (χ1n) is 5.42. The van der Waals surface area contributed by atoms with Gasteiger partial charge >= 0.3 is 0 Å². The van der Waals surface area contributed by atoms with Crippen LogP contribution in [0, 0.1) is 19.8 Å². The lowest BCUT2D eigenvalue weighted by molar-refractivity contribution is 0.0330. The van der Waals surface area contributed by atoms with Gasteiger partial charge in [-0.05, 0) is 56.2 Å². The molecule has 1 N–H and O–H groups in total. The molecule has 0 bridgehead atoms. The molecule has 0 heterocycles. The van der Waals surface area contributed by atoms with Crippen LogP contribution in [-0.2, 0) is 5.60 Å². The van der Waals surface area contributed by atoms with Crippen LogP contribution in [0.2, 0.25) is 5.02 Å². The molecule has 0 aliphatic heterocycles. The van der Waals surface area contributed by atoms with Crippen LogP contribution in [0.3, 0.4) is 0 Å². The lowest BCUT2D eigenvalue weighted by atomic mass is 9.89. The third-order valence-electron chi connectivity index (χ3n) is 3.39. The molecule has 0 saturated heterocycles. The second-order valence-electron chi connectivity index (χ2n) is 4.85. The summed E-state index contributed by atoms with van der Waals surface area (Å²) in [5.41, 5.74) is 2.42. The van der Waals surface area contributed by atoms with Crippen molar-refractivity contribution in [3.05, 3.63) is 33.8 Å². The largest absolute Gasteiger partial charge is 0.385 e. The molecule has 1 saturated carbocycles. The molecule has 2 heteroatoms. The summed E-state index contributed by atoms with van der Waals surface area (Å²) < 4.78 is 0. The lowest BCUT2D eigenvalue weighted by Crippen LogP contribution is -2.24. The normalized spacial score (nSPS) is 20.1. The third kappa shape index (κ3) is 1.91. The van der Waals surface area contributed by atoms with Gasteiger partial charge in [0, 0.05) is 5.02 Å². The predicted molar refractivity (Wildman–Crippen MR) is 63.2 cm³/mol. The van der Waals surface area contributed by atoms with Crippen LogP contribution in [0.4, 0.5) is 0 Å². The van der Waals surface area contributed by atoms with Gasteiger partial charge in [-0.25, -0.2) is 0 Å². The average molecular weight is 225 g/mol. The SMILES string of the molecule is Cc1cc(C(C)(O)C2CC2)cc(C)c1Cl. The van der Waals surface area contributed by atoms with Gasteiger partial charge in [0.2, 0.25) is 0 Å². The van der Waals surface area contributed by atoms with Crippen molar-refractivity contribution in [1.82, 2.24) is 0 Å². The summed E-state index contributed by atoms with van der Waals surface area (Å²) in [6, 6.07) is 4.02. The van der Waals surface area contributed by atoms with Gasteiger partial charge in [-0.15, -0.1) is 0 Å². The minimum absolute atomic E-state index is 0.428. The van der Waals surface area contributed by atoms with Gasteiger partial charge in [0.25, 0.3) is 0 Å². The van der Waals surface area contributed by atoms with Crippen LogP contribution in [0.5, 0.6) is 0 Å². The van der Waals surface area contributed by atoms with Crippen LogP contribution in [0.15, 0.2) is 12.1 Å². The summed E-state index contributed by atoms with van der Waals surface area (Å²) >= 11 is 6.11. The lowest BCUT2D eigenvalue weighted by Gasteiger charge is -2.25. The highest BCUT2D eigenvalue weighted by Gasteiger charge is 2.41. The first kappa shape index (κ1) is 11.0. The van der Waals surface area contributed by atoms with E-state index in [4.69, 9.17) is 11.6 Å². The molecule has 1 nitrogen and oxygen atoms in total. The molecule has 2 rings (SSSR count). The van der Waals surface area contributed by atoms with Gasteiger partial charge in [0.1, 0.15) is 0 Å². The maximum atomic E-state index is 10.4. The number of rotatable bonds is 2. The number of benzene rings is 1. The summed E-state index contributed by atoms with van der Waals surface area (Å²) in [6.07, 6.45) is 2.27. The molecule has 1 atom stereocenters. The van der Waals surface area contributed by atoms with Crippen LogP contribution < -0.4 is 0 Å². The first-order chi connectivity index (χ1) is 6.93. The van der Waals surface area contributed by atoms with Crippen molar-refractivity contribution in [3.8, 4) is 0 Å². The molecule has 82 valence electrons. The molecule has 0 spiro atoms. The van der Waals surface area contributed by atoms with Crippen molar-refractivity contribution in [3.63, 3.8) is 0 Å². The van der Waals surface area contributed by atoms with Crippen molar-refractivity contribution in [2.45, 2.75) is 39.2 Å². The van der Waals surface area contributed by atoms with Crippen molar-refractivity contribution in [2.75, 3.05) is 0 Å². The fourth-order valence-corrected chi connectivity index (χ4v) is 2.23. The predicted octanol–water partition coefficient (Wildman–Crippen LogP) is 3.57. The highest BCUT2D eigenvalue weighted by atomic mass is 35.5. The fraction of sp³-hybridized carbons (Fsp3) is 0.538. The third-order valence-corrected chi connectivity index (χ3v) is 3.99. The first-order valence-corrected chi connectivity index (χ1v) is 5.80. The average Bonchev–Trinajstić information content (AvgIpc) is 2.96. The Morgan fingerprint density at radius 3 is 2.13 bits per heavy atom. The highest BCUT2D eigenvalue weighted by Crippen LogP contribution is 2.46. The maximum Gasteiger partial charge on any atom is 0.0896 e. The number of halogens is 1. The Hall–Kier alpha value is -0.530. The molecule has 0 amide bonds. The summed E-state index contributed by atoms with van der Waals surface area (Å²) in [6.45, 7) is 5.89. The highest BCUT2D eigenvalue weighted by molar-refractivity contribution is 6.32. The van der Waals surface area contributed by atoms with Crippen LogP contribution in [-0.4, -0.2) is 5.11 Å². The number of hydrogen-bond donors (Lipinski definition) is 1. The van der Waals surface area contributed by atoms with Gasteiger partial charge < -0.3 is 5.11 Å². The van der Waals surface area contributed by atoms with Gasteiger partial charge in [0.05, 0.1) is 5.60 Å². The van der Waals surface area contributed by atoms with Crippen LogP contribution in [0.1, 0.15) is 36.5 Å². The molecule has 1 aliphatic rings. The zero-order valence-electron chi connectivity index (χ0n) is 9.47. The molecule has 0 radical (unpaired) electrons. The number of aliphatic hydroxyl groups is 1. The van der Waals surface area contributed by atoms with Crippen molar-refractivity contribution in [2.24, 2.45) is 5.92 Å². The Morgan fingerprint density at radius 1 is 1.27 bits per heavy atom. The van der Waals surface area contributed by atoms with Crippen molar-refractivity contribution in [1.29, 1.82) is 0 Å². The summed E-state index contributed by atoms with van der Waals surface area (Å²) in [5, 5.41) is 11.2. The van der Waals surface area contributed by atoms with Gasteiger partial charge in [-0.3, -0.25) is 0 Å². The Bertz CT molecular complexity index is 369. The summed E-state index contributed by atoms with van der Waals surface area (Å²) in [5.74, 6) is 0.428. The zero-order chi connectivity index (χ0) is 11.2. The molecular weight excluding hydrogens is 208 g/mol. The second-order valence-corrected chi connectivity index (χ2v) is 5.22. The Kier molecular flexibility index (Phi) is 2.56. The molecular formula is C13H17ClO. The van der Waals surface area contributed by atoms with E-state index < -0.39 is 5.60 Å². The summed E-state index contributed by atoms with van der Waals surface area (Å²) in [4.78, 5) is 0. The molecule has 1 aromatic rings. The topological polar surface area (TPSA) is 20.2 Å². The van der Waals surface area contributed by atoms with Crippen LogP contribution >= 0.6 is 11.6 Å². The van der Waals surface area contributed by atoms with E-state index in [1.165, 1.54) is 0 Å². The van der Waals surface area contributed by atoms with E-state index in [0.717, 1.165) is 34.6 Å². The van der Waals surface area contributed by atoms with E-state index >= 15 is 0 Å². The second kappa shape index (κ2) is 3.50. The van der Waals surface area contributed by atoms with Gasteiger partial charge in [-0.2, -0.15) is 0 Å². The van der Waals surface area contributed by atoms with E-state index in [0.29, 0.717) is 5.92 Å². The Balaban J connectivity index is 2.44. The van der Waals surface area contributed by atoms with Gasteiger partial charge in [0.15, 0.2) is 0 Å². The standard InChI is InChI=1S/C13H17ClO/c1-8-6-11(7-9(2)12(8)14)13(3,15)10-4-5-10/h6-7,10,15H,4-5H2,1-3H3. The van der Waals surface area contributed by atoms with Gasteiger partial charge in [-0.1, -0.05) is 23.7 Å². The maximum absolute atomic E-state index is 10.4. The summed E-state index contributed by atoms with van der Waals surface area (Å²) in [7, 11) is 0. The fourth-order valence-electron chi connectivity index (χ4n) is 2.12.